The summed E-state index contributed by atoms with van der Waals surface area (Å²) in [6, 6.07) is 11.8. The zero-order chi connectivity index (χ0) is 17.0. The van der Waals surface area contributed by atoms with Crippen molar-refractivity contribution in [2.75, 3.05) is 5.32 Å². The van der Waals surface area contributed by atoms with Crippen LogP contribution < -0.4 is 10.1 Å². The van der Waals surface area contributed by atoms with Crippen LogP contribution >= 0.6 is 0 Å². The molecule has 0 fully saturated rings. The molecule has 3 nitrogen and oxygen atoms in total. The fraction of sp³-hybridized carbons (Fsp3) is 0.350. The average molecular weight is 311 g/mol. The molecule has 0 saturated carbocycles. The van der Waals surface area contributed by atoms with Gasteiger partial charge in [-0.1, -0.05) is 19.1 Å². The molecular formula is C20H25NO2. The lowest BCUT2D eigenvalue weighted by molar-refractivity contribution is -0.122. The van der Waals surface area contributed by atoms with Gasteiger partial charge in [-0.25, -0.2) is 0 Å². The van der Waals surface area contributed by atoms with Gasteiger partial charge in [0.1, 0.15) is 5.75 Å². The zero-order valence-corrected chi connectivity index (χ0v) is 14.6. The second kappa shape index (κ2) is 7.32. The summed E-state index contributed by atoms with van der Waals surface area (Å²) in [6.07, 6.45) is 0.113. The Labute approximate surface area is 138 Å². The lowest BCUT2D eigenvalue weighted by atomic mass is 10.1. The monoisotopic (exact) mass is 311 g/mol. The summed E-state index contributed by atoms with van der Waals surface area (Å²) >= 11 is 0. The molecule has 122 valence electrons. The fourth-order valence-electron chi connectivity index (χ4n) is 2.32. The Morgan fingerprint density at radius 3 is 2.13 bits per heavy atom. The molecular weight excluding hydrogens is 286 g/mol. The Morgan fingerprint density at radius 2 is 1.57 bits per heavy atom. The third-order valence-corrected chi connectivity index (χ3v) is 4.19. The molecule has 2 rings (SSSR count). The van der Waals surface area contributed by atoms with Gasteiger partial charge in [0.15, 0.2) is 6.10 Å². The van der Waals surface area contributed by atoms with Gasteiger partial charge in [0.05, 0.1) is 0 Å². The second-order valence-corrected chi connectivity index (χ2v) is 6.05. The highest BCUT2D eigenvalue weighted by molar-refractivity contribution is 5.94. The first-order chi connectivity index (χ1) is 10.9. The zero-order valence-electron chi connectivity index (χ0n) is 14.6. The van der Waals surface area contributed by atoms with Crippen LogP contribution in [0.1, 0.15) is 35.6 Å². The molecule has 0 bridgehead atoms. The number of nitrogens with one attached hydrogen (secondary N) is 1. The molecule has 0 aliphatic rings. The maximum absolute atomic E-state index is 12.5. The van der Waals surface area contributed by atoms with Crippen molar-refractivity contribution in [3.63, 3.8) is 0 Å². The number of ether oxygens (including phenoxy) is 1. The van der Waals surface area contributed by atoms with E-state index in [1.54, 1.807) is 0 Å². The minimum absolute atomic E-state index is 0.117. The molecule has 0 unspecified atom stereocenters. The number of aryl methyl sites for hydroxylation is 4. The van der Waals surface area contributed by atoms with E-state index in [2.05, 4.69) is 19.2 Å². The van der Waals surface area contributed by atoms with Crippen molar-refractivity contribution in [3.8, 4) is 5.75 Å². The molecule has 0 saturated heterocycles. The summed E-state index contributed by atoms with van der Waals surface area (Å²) in [4.78, 5) is 12.5. The summed E-state index contributed by atoms with van der Waals surface area (Å²) in [6.45, 7) is 10.1. The van der Waals surface area contributed by atoms with Crippen LogP contribution in [0.3, 0.4) is 0 Å². The van der Waals surface area contributed by atoms with E-state index in [4.69, 9.17) is 4.74 Å². The number of amides is 1. The van der Waals surface area contributed by atoms with Gasteiger partial charge < -0.3 is 10.1 Å². The van der Waals surface area contributed by atoms with E-state index < -0.39 is 6.10 Å². The first kappa shape index (κ1) is 17.1. The van der Waals surface area contributed by atoms with Crippen molar-refractivity contribution < 1.29 is 9.53 Å². The molecule has 0 aliphatic carbocycles. The first-order valence-corrected chi connectivity index (χ1v) is 8.02. The number of carbonyl (C=O) groups excluding carboxylic acids is 1. The number of anilines is 1. The highest BCUT2D eigenvalue weighted by Gasteiger charge is 2.19. The van der Waals surface area contributed by atoms with E-state index in [0.717, 1.165) is 22.6 Å². The van der Waals surface area contributed by atoms with E-state index in [1.165, 1.54) is 11.1 Å². The van der Waals surface area contributed by atoms with Crippen LogP contribution in [-0.2, 0) is 4.79 Å². The second-order valence-electron chi connectivity index (χ2n) is 6.05. The number of benzene rings is 2. The summed E-state index contributed by atoms with van der Waals surface area (Å²) in [5, 5.41) is 2.94. The predicted octanol–water partition coefficient (Wildman–Crippen LogP) is 4.72. The Kier molecular flexibility index (Phi) is 5.43. The van der Waals surface area contributed by atoms with Crippen LogP contribution in [0.4, 0.5) is 5.69 Å². The molecule has 0 heterocycles. The van der Waals surface area contributed by atoms with Crippen molar-refractivity contribution in [2.24, 2.45) is 0 Å². The Balaban J connectivity index is 2.08. The normalized spacial score (nSPS) is 11.9. The summed E-state index contributed by atoms with van der Waals surface area (Å²) in [5.41, 5.74) is 5.55. The van der Waals surface area contributed by atoms with Gasteiger partial charge in [0.2, 0.25) is 0 Å². The third kappa shape index (κ3) is 4.35. The van der Waals surface area contributed by atoms with E-state index in [1.807, 2.05) is 57.2 Å². The van der Waals surface area contributed by atoms with E-state index >= 15 is 0 Å². The minimum atomic E-state index is -0.501. The Morgan fingerprint density at radius 1 is 0.957 bits per heavy atom. The van der Waals surface area contributed by atoms with E-state index in [9.17, 15) is 4.79 Å². The third-order valence-electron chi connectivity index (χ3n) is 4.19. The summed E-state index contributed by atoms with van der Waals surface area (Å²) in [7, 11) is 0. The number of rotatable bonds is 5. The molecule has 1 amide bonds. The van der Waals surface area contributed by atoms with Crippen molar-refractivity contribution in [2.45, 2.75) is 47.1 Å². The molecule has 2 aromatic rings. The lowest BCUT2D eigenvalue weighted by Gasteiger charge is -2.18. The van der Waals surface area contributed by atoms with Crippen molar-refractivity contribution in [1.82, 2.24) is 0 Å². The van der Waals surface area contributed by atoms with Crippen molar-refractivity contribution >= 4 is 11.6 Å². The van der Waals surface area contributed by atoms with Crippen molar-refractivity contribution in [3.05, 3.63) is 58.7 Å². The van der Waals surface area contributed by atoms with Gasteiger partial charge in [-0.15, -0.1) is 0 Å². The van der Waals surface area contributed by atoms with Crippen LogP contribution in [-0.4, -0.2) is 12.0 Å². The Bertz CT molecular complexity index is 707. The molecule has 0 aromatic heterocycles. The number of carbonyl (C=O) groups is 1. The van der Waals surface area contributed by atoms with Gasteiger partial charge >= 0.3 is 0 Å². The lowest BCUT2D eigenvalue weighted by Crippen LogP contribution is -2.32. The van der Waals surface area contributed by atoms with Gasteiger partial charge in [-0.2, -0.15) is 0 Å². The predicted molar refractivity (Wildman–Crippen MR) is 95.2 cm³/mol. The topological polar surface area (TPSA) is 38.3 Å². The smallest absolute Gasteiger partial charge is 0.265 e. The summed E-state index contributed by atoms with van der Waals surface area (Å²) < 4.78 is 5.88. The molecule has 1 N–H and O–H groups in total. The molecule has 0 spiro atoms. The first-order valence-electron chi connectivity index (χ1n) is 8.02. The van der Waals surface area contributed by atoms with E-state index in [0.29, 0.717) is 6.42 Å². The molecule has 23 heavy (non-hydrogen) atoms. The van der Waals surface area contributed by atoms with Crippen LogP contribution in [0.15, 0.2) is 36.4 Å². The minimum Gasteiger partial charge on any atom is -0.481 e. The van der Waals surface area contributed by atoms with Gasteiger partial charge in [0, 0.05) is 5.69 Å². The van der Waals surface area contributed by atoms with Gasteiger partial charge in [-0.3, -0.25) is 4.79 Å². The van der Waals surface area contributed by atoms with E-state index in [-0.39, 0.29) is 5.91 Å². The maximum atomic E-state index is 12.5. The molecule has 3 heteroatoms. The average Bonchev–Trinajstić information content (AvgIpc) is 2.52. The highest BCUT2D eigenvalue weighted by Crippen LogP contribution is 2.20. The number of hydrogen-bond donors (Lipinski definition) is 1. The van der Waals surface area contributed by atoms with Crippen LogP contribution in [0.5, 0.6) is 5.75 Å². The van der Waals surface area contributed by atoms with Crippen LogP contribution in [0.2, 0.25) is 0 Å². The molecule has 2 aromatic carbocycles. The standard InChI is InChI=1S/C20H25NO2/c1-6-19(23-18-10-8-14(3)16(5)12-18)20(22)21-17-9-7-13(2)15(4)11-17/h7-12,19H,6H2,1-5H3,(H,21,22)/t19-/m1/s1. The Hall–Kier alpha value is -2.29. The van der Waals surface area contributed by atoms with Gasteiger partial charge in [0.25, 0.3) is 5.91 Å². The molecule has 0 aliphatic heterocycles. The molecule has 1 atom stereocenters. The van der Waals surface area contributed by atoms with Crippen molar-refractivity contribution in [1.29, 1.82) is 0 Å². The quantitative estimate of drug-likeness (QED) is 0.868. The summed E-state index contributed by atoms with van der Waals surface area (Å²) in [5.74, 6) is 0.615. The van der Waals surface area contributed by atoms with Gasteiger partial charge in [-0.05, 0) is 80.6 Å². The van der Waals surface area contributed by atoms with Crippen LogP contribution in [0.25, 0.3) is 0 Å². The largest absolute Gasteiger partial charge is 0.481 e. The van der Waals surface area contributed by atoms with Crippen LogP contribution in [0, 0.1) is 27.7 Å². The maximum Gasteiger partial charge on any atom is 0.265 e. The number of hydrogen-bond acceptors (Lipinski definition) is 2. The fourth-order valence-corrected chi connectivity index (χ4v) is 2.32. The SMILES string of the molecule is CC[C@@H](Oc1ccc(C)c(C)c1)C(=O)Nc1ccc(C)c(C)c1. The highest BCUT2D eigenvalue weighted by atomic mass is 16.5. The molecule has 0 radical (unpaired) electrons.